The third kappa shape index (κ3) is 6.06. The van der Waals surface area contributed by atoms with Gasteiger partial charge in [-0.1, -0.05) is 30.3 Å². The van der Waals surface area contributed by atoms with Crippen molar-refractivity contribution in [3.8, 4) is 11.5 Å². The Morgan fingerprint density at radius 3 is 2.11 bits per heavy atom. The van der Waals surface area contributed by atoms with Crippen molar-refractivity contribution in [2.45, 2.75) is 24.5 Å². The molecule has 0 saturated heterocycles. The molecule has 0 heterocycles. The molecule has 3 aromatic carbocycles. The summed E-state index contributed by atoms with van der Waals surface area (Å²) in [5.74, 6) is -0.548. The molecule has 0 N–H and O–H groups in total. The normalized spacial score (nSPS) is 12.1. The Labute approximate surface area is 205 Å². The van der Waals surface area contributed by atoms with Gasteiger partial charge in [-0.05, 0) is 55.0 Å². The number of benzene rings is 3. The number of hydrogen-bond acceptors (Lipinski definition) is 7. The molecule has 1 unspecified atom stereocenters. The van der Waals surface area contributed by atoms with E-state index in [1.54, 1.807) is 24.3 Å². The molecule has 3 aromatic rings. The maximum atomic E-state index is 13.3. The summed E-state index contributed by atoms with van der Waals surface area (Å²) in [6.07, 6.45) is -1.08. The quantitative estimate of drug-likeness (QED) is 0.309. The van der Waals surface area contributed by atoms with Crippen LogP contribution in [-0.4, -0.2) is 51.8 Å². The van der Waals surface area contributed by atoms with Crippen LogP contribution in [0.25, 0.3) is 0 Å². The molecule has 3 rings (SSSR count). The van der Waals surface area contributed by atoms with Gasteiger partial charge in [0.25, 0.3) is 0 Å². The number of hydrogen-bond donors (Lipinski definition) is 0. The van der Waals surface area contributed by atoms with E-state index in [1.807, 2.05) is 30.3 Å². The molecular weight excluding hydrogens is 470 g/mol. The van der Waals surface area contributed by atoms with Crippen LogP contribution in [0, 0.1) is 0 Å². The minimum atomic E-state index is -4.01. The molecule has 0 spiro atoms. The zero-order valence-corrected chi connectivity index (χ0v) is 20.7. The predicted octanol–water partition coefficient (Wildman–Crippen LogP) is 3.95. The summed E-state index contributed by atoms with van der Waals surface area (Å²) in [6, 6.07) is 19.5. The molecule has 0 aliphatic carbocycles. The van der Waals surface area contributed by atoms with E-state index < -0.39 is 27.9 Å². The largest absolute Gasteiger partial charge is 0.497 e. The molecule has 0 bridgehead atoms. The highest BCUT2D eigenvalue weighted by atomic mass is 32.2. The Hall–Kier alpha value is -3.69. The Morgan fingerprint density at radius 2 is 1.51 bits per heavy atom. The Kier molecular flexibility index (Phi) is 8.26. The Morgan fingerprint density at radius 1 is 0.886 bits per heavy atom. The van der Waals surface area contributed by atoms with Crippen LogP contribution in [0.4, 0.5) is 0 Å². The topological polar surface area (TPSA) is 99.2 Å². The zero-order valence-electron chi connectivity index (χ0n) is 19.9. The highest BCUT2D eigenvalue weighted by Crippen LogP contribution is 2.29. The number of nitrogens with zero attached hydrogens (tertiary/aromatic N) is 1. The van der Waals surface area contributed by atoms with Crippen LogP contribution in [0.1, 0.15) is 33.2 Å². The number of rotatable bonds is 10. The number of ether oxygens (including phenoxy) is 3. The van der Waals surface area contributed by atoms with Gasteiger partial charge in [-0.2, -0.15) is 4.31 Å². The van der Waals surface area contributed by atoms with Gasteiger partial charge in [-0.25, -0.2) is 13.2 Å². The molecule has 0 aliphatic rings. The molecule has 0 aromatic heterocycles. The first-order chi connectivity index (χ1) is 16.7. The van der Waals surface area contributed by atoms with Crippen molar-refractivity contribution in [1.82, 2.24) is 4.31 Å². The second-order valence-electron chi connectivity index (χ2n) is 7.75. The average Bonchev–Trinajstić information content (AvgIpc) is 2.88. The van der Waals surface area contributed by atoms with Crippen molar-refractivity contribution >= 4 is 21.8 Å². The van der Waals surface area contributed by atoms with Gasteiger partial charge in [0.15, 0.2) is 6.10 Å². The molecule has 35 heavy (non-hydrogen) atoms. The minimum absolute atomic E-state index is 0.0214. The SMILES string of the molecule is COc1ccc(C(=O)C(C)OC(=O)c2ccc(OC)c(S(=O)(=O)N(C)Cc3ccccc3)c2)cc1. The summed E-state index contributed by atoms with van der Waals surface area (Å²) >= 11 is 0. The van der Waals surface area contributed by atoms with Gasteiger partial charge < -0.3 is 14.2 Å². The van der Waals surface area contributed by atoms with Crippen LogP contribution in [0.15, 0.2) is 77.7 Å². The van der Waals surface area contributed by atoms with Gasteiger partial charge in [0.1, 0.15) is 16.4 Å². The molecule has 0 amide bonds. The van der Waals surface area contributed by atoms with Crippen molar-refractivity contribution in [1.29, 1.82) is 0 Å². The smallest absolute Gasteiger partial charge is 0.338 e. The van der Waals surface area contributed by atoms with Crippen LogP contribution in [0.2, 0.25) is 0 Å². The maximum Gasteiger partial charge on any atom is 0.338 e. The van der Waals surface area contributed by atoms with E-state index in [0.29, 0.717) is 11.3 Å². The lowest BCUT2D eigenvalue weighted by Gasteiger charge is -2.20. The number of Topliss-reactive ketones (excluding diaryl/α,β-unsaturated/α-hetero) is 1. The molecule has 0 radical (unpaired) electrons. The van der Waals surface area contributed by atoms with Crippen LogP contribution in [-0.2, 0) is 21.3 Å². The molecule has 1 atom stereocenters. The van der Waals surface area contributed by atoms with Gasteiger partial charge in [-0.15, -0.1) is 0 Å². The lowest BCUT2D eigenvalue weighted by Crippen LogP contribution is -2.27. The van der Waals surface area contributed by atoms with Gasteiger partial charge in [0, 0.05) is 19.2 Å². The van der Waals surface area contributed by atoms with Gasteiger partial charge >= 0.3 is 5.97 Å². The standard InChI is InChI=1S/C26H27NO7S/c1-18(25(28)20-10-13-22(32-3)14-11-20)34-26(29)21-12-15-23(33-4)24(16-21)35(30,31)27(2)17-19-8-6-5-7-9-19/h5-16,18H,17H2,1-4H3. The van der Waals surface area contributed by atoms with E-state index in [1.165, 1.54) is 50.7 Å². The van der Waals surface area contributed by atoms with Crippen molar-refractivity contribution < 1.29 is 32.2 Å². The second-order valence-corrected chi connectivity index (χ2v) is 9.77. The second kappa shape index (κ2) is 11.2. The number of carbonyl (C=O) groups excluding carboxylic acids is 2. The Balaban J connectivity index is 1.81. The van der Waals surface area contributed by atoms with Gasteiger partial charge in [-0.3, -0.25) is 4.79 Å². The van der Waals surface area contributed by atoms with Crippen LogP contribution >= 0.6 is 0 Å². The third-order valence-corrected chi connectivity index (χ3v) is 7.19. The monoisotopic (exact) mass is 497 g/mol. The summed E-state index contributed by atoms with van der Waals surface area (Å²) in [7, 11) is 0.302. The fourth-order valence-corrected chi connectivity index (χ4v) is 4.71. The Bertz CT molecular complexity index is 1290. The lowest BCUT2D eigenvalue weighted by atomic mass is 10.1. The predicted molar refractivity (Wildman–Crippen MR) is 130 cm³/mol. The van der Waals surface area contributed by atoms with E-state index in [0.717, 1.165) is 5.56 Å². The summed E-state index contributed by atoms with van der Waals surface area (Å²) in [5, 5.41) is 0. The number of sulfonamides is 1. The molecule has 0 fully saturated rings. The van der Waals surface area contributed by atoms with Crippen molar-refractivity contribution in [3.63, 3.8) is 0 Å². The first-order valence-electron chi connectivity index (χ1n) is 10.7. The molecule has 184 valence electrons. The fourth-order valence-electron chi connectivity index (χ4n) is 3.37. The molecular formula is C26H27NO7S. The zero-order chi connectivity index (χ0) is 25.6. The molecule has 0 aliphatic heterocycles. The van der Waals surface area contributed by atoms with E-state index in [-0.39, 0.29) is 22.8 Å². The first kappa shape index (κ1) is 25.9. The average molecular weight is 498 g/mol. The molecule has 8 nitrogen and oxygen atoms in total. The summed E-state index contributed by atoms with van der Waals surface area (Å²) in [4.78, 5) is 25.3. The van der Waals surface area contributed by atoms with Crippen molar-refractivity contribution in [3.05, 3.63) is 89.5 Å². The summed E-state index contributed by atoms with van der Waals surface area (Å²) in [5.41, 5.74) is 1.14. The molecule has 0 saturated carbocycles. The van der Waals surface area contributed by atoms with E-state index in [4.69, 9.17) is 14.2 Å². The molecule has 9 heteroatoms. The van der Waals surface area contributed by atoms with Crippen LogP contribution in [0.3, 0.4) is 0 Å². The van der Waals surface area contributed by atoms with E-state index >= 15 is 0 Å². The van der Waals surface area contributed by atoms with Gasteiger partial charge in [0.2, 0.25) is 15.8 Å². The van der Waals surface area contributed by atoms with Crippen molar-refractivity contribution in [2.24, 2.45) is 0 Å². The minimum Gasteiger partial charge on any atom is -0.497 e. The maximum absolute atomic E-state index is 13.3. The number of methoxy groups -OCH3 is 2. The van der Waals surface area contributed by atoms with Crippen molar-refractivity contribution in [2.75, 3.05) is 21.3 Å². The summed E-state index contributed by atoms with van der Waals surface area (Å²) in [6.45, 7) is 1.59. The first-order valence-corrected chi connectivity index (χ1v) is 12.2. The summed E-state index contributed by atoms with van der Waals surface area (Å²) < 4.78 is 43.4. The van der Waals surface area contributed by atoms with E-state index in [2.05, 4.69) is 0 Å². The lowest BCUT2D eigenvalue weighted by molar-refractivity contribution is 0.0318. The number of carbonyl (C=O) groups is 2. The van der Waals surface area contributed by atoms with Gasteiger partial charge in [0.05, 0.1) is 19.8 Å². The third-order valence-electron chi connectivity index (χ3n) is 5.36. The number of esters is 1. The highest BCUT2D eigenvalue weighted by Gasteiger charge is 2.28. The van der Waals surface area contributed by atoms with Crippen LogP contribution in [0.5, 0.6) is 11.5 Å². The van der Waals surface area contributed by atoms with Crippen LogP contribution < -0.4 is 9.47 Å². The highest BCUT2D eigenvalue weighted by molar-refractivity contribution is 7.89. The fraction of sp³-hybridized carbons (Fsp3) is 0.231. The number of ketones is 1. The van der Waals surface area contributed by atoms with E-state index in [9.17, 15) is 18.0 Å².